The molecule has 1 aromatic carbocycles. The van der Waals surface area contributed by atoms with E-state index in [4.69, 9.17) is 4.74 Å². The number of amides is 1. The number of hydrogen-bond donors (Lipinski definition) is 0. The van der Waals surface area contributed by atoms with E-state index in [-0.39, 0.29) is 22.5 Å². The summed E-state index contributed by atoms with van der Waals surface area (Å²) in [5.74, 6) is -1.02. The van der Waals surface area contributed by atoms with Crippen molar-refractivity contribution in [3.05, 3.63) is 68.5 Å². The van der Waals surface area contributed by atoms with Crippen LogP contribution in [-0.4, -0.2) is 51.1 Å². The van der Waals surface area contributed by atoms with Crippen molar-refractivity contribution in [2.75, 3.05) is 20.2 Å². The summed E-state index contributed by atoms with van der Waals surface area (Å²) in [6, 6.07) is 10.1. The molecule has 0 aliphatic carbocycles. The highest BCUT2D eigenvalue weighted by atomic mass is 16.5. The van der Waals surface area contributed by atoms with Crippen LogP contribution >= 0.6 is 0 Å². The first kappa shape index (κ1) is 21.5. The van der Waals surface area contributed by atoms with E-state index in [1.165, 1.54) is 17.7 Å². The van der Waals surface area contributed by atoms with E-state index >= 15 is 0 Å². The summed E-state index contributed by atoms with van der Waals surface area (Å²) < 4.78 is 7.02. The second-order valence-corrected chi connectivity index (χ2v) is 7.79. The maximum Gasteiger partial charge on any atom is 0.338 e. The summed E-state index contributed by atoms with van der Waals surface area (Å²) in [4.78, 5) is 58.4. The number of aromatic nitrogens is 3. The van der Waals surface area contributed by atoms with Gasteiger partial charge in [0.1, 0.15) is 6.54 Å². The number of carbonyl (C=O) groups is 2. The van der Waals surface area contributed by atoms with Gasteiger partial charge in [0.25, 0.3) is 5.56 Å². The van der Waals surface area contributed by atoms with Gasteiger partial charge in [-0.05, 0) is 44.4 Å². The summed E-state index contributed by atoms with van der Waals surface area (Å²) in [5.41, 5.74) is -0.459. The minimum atomic E-state index is -0.740. The summed E-state index contributed by atoms with van der Waals surface area (Å²) in [5, 5.41) is -0.0580. The number of likely N-dealkylation sites (tertiary alicyclic amines) is 1. The zero-order chi connectivity index (χ0) is 22.8. The molecule has 0 unspecified atom stereocenters. The monoisotopic (exact) mass is 436 g/mol. The molecule has 166 valence electrons. The van der Waals surface area contributed by atoms with Crippen LogP contribution < -0.4 is 11.2 Å². The first-order valence-corrected chi connectivity index (χ1v) is 10.5. The van der Waals surface area contributed by atoms with Crippen molar-refractivity contribution in [3.8, 4) is 5.69 Å². The van der Waals surface area contributed by atoms with E-state index in [0.29, 0.717) is 24.5 Å². The van der Waals surface area contributed by atoms with Crippen molar-refractivity contribution in [1.82, 2.24) is 19.0 Å². The molecule has 9 heteroatoms. The normalized spacial score (nSPS) is 13.9. The van der Waals surface area contributed by atoms with Crippen LogP contribution in [0.2, 0.25) is 0 Å². The van der Waals surface area contributed by atoms with Gasteiger partial charge in [-0.25, -0.2) is 23.7 Å². The van der Waals surface area contributed by atoms with Crippen LogP contribution in [0.5, 0.6) is 0 Å². The van der Waals surface area contributed by atoms with Crippen molar-refractivity contribution >= 4 is 22.9 Å². The summed E-state index contributed by atoms with van der Waals surface area (Å²) >= 11 is 0. The lowest BCUT2D eigenvalue weighted by Crippen LogP contribution is -2.46. The lowest BCUT2D eigenvalue weighted by atomic mass is 10.1. The third kappa shape index (κ3) is 3.81. The lowest BCUT2D eigenvalue weighted by molar-refractivity contribution is -0.132. The zero-order valence-corrected chi connectivity index (χ0v) is 18.0. The van der Waals surface area contributed by atoms with Gasteiger partial charge in [0.2, 0.25) is 5.91 Å². The Hall–Kier alpha value is -3.75. The van der Waals surface area contributed by atoms with Crippen molar-refractivity contribution in [2.45, 2.75) is 32.7 Å². The molecule has 9 nitrogen and oxygen atoms in total. The third-order valence-electron chi connectivity index (χ3n) is 5.64. The second-order valence-electron chi connectivity index (χ2n) is 7.79. The Morgan fingerprint density at radius 1 is 1.06 bits per heavy atom. The van der Waals surface area contributed by atoms with Crippen LogP contribution in [0.1, 0.15) is 35.3 Å². The van der Waals surface area contributed by atoms with Gasteiger partial charge in [0.05, 0.1) is 23.7 Å². The SMILES string of the molecule is COC(=O)c1cc(C)nc2c1c(=O)n(CC(=O)N1CCCCC1)c(=O)n2-c1ccccc1. The minimum absolute atomic E-state index is 0.00357. The fourth-order valence-corrected chi connectivity index (χ4v) is 4.06. The van der Waals surface area contributed by atoms with Crippen molar-refractivity contribution in [1.29, 1.82) is 0 Å². The number of carbonyl (C=O) groups excluding carboxylic acids is 2. The Labute approximate surface area is 183 Å². The van der Waals surface area contributed by atoms with E-state index in [0.717, 1.165) is 23.8 Å². The molecular formula is C23H24N4O5. The lowest BCUT2D eigenvalue weighted by Gasteiger charge is -2.27. The third-order valence-corrected chi connectivity index (χ3v) is 5.64. The molecule has 32 heavy (non-hydrogen) atoms. The van der Waals surface area contributed by atoms with E-state index in [2.05, 4.69) is 4.98 Å². The first-order valence-electron chi connectivity index (χ1n) is 10.5. The number of methoxy groups -OCH3 is 1. The smallest absolute Gasteiger partial charge is 0.338 e. The number of pyridine rings is 1. The number of benzene rings is 1. The number of ether oxygens (including phenoxy) is 1. The molecule has 1 saturated heterocycles. The summed E-state index contributed by atoms with van der Waals surface area (Å²) in [6.45, 7) is 2.45. The molecule has 1 fully saturated rings. The van der Waals surface area contributed by atoms with Gasteiger partial charge >= 0.3 is 11.7 Å². The first-order chi connectivity index (χ1) is 15.4. The molecule has 0 saturated carbocycles. The van der Waals surface area contributed by atoms with E-state index in [1.807, 2.05) is 0 Å². The standard InChI is InChI=1S/C23H24N4O5/c1-15-13-17(22(30)32-2)19-20(24-15)27(16-9-5-3-6-10-16)23(31)26(21(19)29)14-18(28)25-11-7-4-8-12-25/h3,5-6,9-10,13H,4,7-8,11-12,14H2,1-2H3. The predicted octanol–water partition coefficient (Wildman–Crippen LogP) is 1.65. The van der Waals surface area contributed by atoms with E-state index < -0.39 is 23.8 Å². The van der Waals surface area contributed by atoms with E-state index in [1.54, 1.807) is 42.2 Å². The fourth-order valence-electron chi connectivity index (χ4n) is 4.06. The molecule has 0 bridgehead atoms. The predicted molar refractivity (Wildman–Crippen MR) is 118 cm³/mol. The number of aryl methyl sites for hydroxylation is 1. The van der Waals surface area contributed by atoms with Gasteiger partial charge < -0.3 is 9.64 Å². The van der Waals surface area contributed by atoms with Gasteiger partial charge in [-0.3, -0.25) is 9.59 Å². The number of nitrogens with zero attached hydrogens (tertiary/aromatic N) is 4. The minimum Gasteiger partial charge on any atom is -0.465 e. The van der Waals surface area contributed by atoms with Gasteiger partial charge in [-0.1, -0.05) is 18.2 Å². The van der Waals surface area contributed by atoms with Gasteiger partial charge in [0.15, 0.2) is 5.65 Å². The molecule has 1 aliphatic rings. The Morgan fingerprint density at radius 2 is 1.75 bits per heavy atom. The molecule has 0 atom stereocenters. The van der Waals surface area contributed by atoms with Gasteiger partial charge in [0, 0.05) is 18.8 Å². The highest BCUT2D eigenvalue weighted by molar-refractivity contribution is 6.02. The van der Waals surface area contributed by atoms with Crippen LogP contribution in [0, 0.1) is 6.92 Å². The summed E-state index contributed by atoms with van der Waals surface area (Å²) in [6.07, 6.45) is 2.83. The Morgan fingerprint density at radius 3 is 2.41 bits per heavy atom. The molecule has 3 heterocycles. The molecule has 4 rings (SSSR count). The maximum absolute atomic E-state index is 13.5. The summed E-state index contributed by atoms with van der Waals surface area (Å²) in [7, 11) is 1.22. The molecule has 2 aromatic heterocycles. The largest absolute Gasteiger partial charge is 0.465 e. The topological polar surface area (TPSA) is 104 Å². The molecule has 1 amide bonds. The number of fused-ring (bicyclic) bond motifs is 1. The molecule has 1 aliphatic heterocycles. The van der Waals surface area contributed by atoms with Crippen LogP contribution in [0.3, 0.4) is 0 Å². The van der Waals surface area contributed by atoms with Crippen LogP contribution in [0.25, 0.3) is 16.7 Å². The van der Waals surface area contributed by atoms with Crippen molar-refractivity contribution in [2.24, 2.45) is 0 Å². The van der Waals surface area contributed by atoms with Crippen LogP contribution in [0.4, 0.5) is 0 Å². The molecule has 0 N–H and O–H groups in total. The fraction of sp³-hybridized carbons (Fsp3) is 0.348. The Kier molecular flexibility index (Phi) is 5.89. The van der Waals surface area contributed by atoms with Crippen LogP contribution in [-0.2, 0) is 16.1 Å². The van der Waals surface area contributed by atoms with Crippen molar-refractivity contribution in [3.63, 3.8) is 0 Å². The zero-order valence-electron chi connectivity index (χ0n) is 18.0. The molecular weight excluding hydrogens is 412 g/mol. The second kappa shape index (κ2) is 8.78. The number of piperidine rings is 1. The Balaban J connectivity index is 2.01. The van der Waals surface area contributed by atoms with Crippen LogP contribution in [0.15, 0.2) is 46.0 Å². The molecule has 3 aromatic rings. The van der Waals surface area contributed by atoms with Gasteiger partial charge in [-0.15, -0.1) is 0 Å². The number of hydrogen-bond acceptors (Lipinski definition) is 6. The number of rotatable bonds is 4. The average Bonchev–Trinajstić information content (AvgIpc) is 2.81. The highest BCUT2D eigenvalue weighted by Crippen LogP contribution is 2.18. The molecule has 0 radical (unpaired) electrons. The maximum atomic E-state index is 13.5. The molecule has 0 spiro atoms. The number of para-hydroxylation sites is 1. The quantitative estimate of drug-likeness (QED) is 0.576. The number of esters is 1. The van der Waals surface area contributed by atoms with Crippen molar-refractivity contribution < 1.29 is 14.3 Å². The average molecular weight is 436 g/mol. The highest BCUT2D eigenvalue weighted by Gasteiger charge is 2.25. The van der Waals surface area contributed by atoms with E-state index in [9.17, 15) is 19.2 Å². The Bertz CT molecular complexity index is 1300. The van der Waals surface area contributed by atoms with Gasteiger partial charge in [-0.2, -0.15) is 0 Å².